The molecule has 268 valence electrons. The molecule has 7 aliphatic rings. The number of ether oxygens (including phenoxy) is 2. The van der Waals surface area contributed by atoms with E-state index in [1.54, 1.807) is 0 Å². The highest BCUT2D eigenvalue weighted by atomic mass is 16.5. The Kier molecular flexibility index (Phi) is 7.23. The molecule has 4 heteroatoms. The Balaban J connectivity index is 0.881. The second kappa shape index (κ2) is 12.3. The number of esters is 2. The molecule has 4 nitrogen and oxygen atoms in total. The van der Waals surface area contributed by atoms with E-state index in [9.17, 15) is 9.59 Å². The maximum atomic E-state index is 13.8. The van der Waals surface area contributed by atoms with Crippen molar-refractivity contribution < 1.29 is 19.1 Å². The molecule has 0 unspecified atom stereocenters. The SMILES string of the molecule is O=C(CCC(=O)OC1CC23c4ccccc4C(c4ccccc42)C2c4ccccc4C3(C1)c1ccccc12)OCCc1cc2ccccc2c2ccccc12. The molecule has 2 spiro atoms. The lowest BCUT2D eigenvalue weighted by Gasteiger charge is -2.60. The van der Waals surface area contributed by atoms with E-state index < -0.39 is 10.8 Å². The topological polar surface area (TPSA) is 52.6 Å². The second-order valence-corrected chi connectivity index (χ2v) is 15.9. The van der Waals surface area contributed by atoms with Gasteiger partial charge in [0.25, 0.3) is 0 Å². The van der Waals surface area contributed by atoms with Crippen molar-refractivity contribution in [2.45, 2.75) is 60.9 Å². The van der Waals surface area contributed by atoms with Gasteiger partial charge in [-0.3, -0.25) is 9.59 Å². The molecule has 7 aromatic carbocycles. The highest BCUT2D eigenvalue weighted by molar-refractivity contribution is 6.09. The molecular formula is C51H40O4. The van der Waals surface area contributed by atoms with E-state index in [2.05, 4.69) is 140 Å². The number of benzene rings is 7. The number of carbonyl (C=O) groups is 2. The summed E-state index contributed by atoms with van der Waals surface area (Å²) in [6.07, 6.45) is 1.55. The quantitative estimate of drug-likeness (QED) is 0.122. The summed E-state index contributed by atoms with van der Waals surface area (Å²) in [4.78, 5) is 26.8. The minimum Gasteiger partial charge on any atom is -0.465 e. The molecule has 0 N–H and O–H groups in total. The third kappa shape index (κ3) is 4.51. The van der Waals surface area contributed by atoms with E-state index >= 15 is 0 Å². The van der Waals surface area contributed by atoms with Gasteiger partial charge in [0, 0.05) is 29.1 Å². The van der Waals surface area contributed by atoms with E-state index in [4.69, 9.17) is 9.47 Å². The molecule has 4 bridgehead atoms. The Labute approximate surface area is 320 Å². The summed E-state index contributed by atoms with van der Waals surface area (Å²) < 4.78 is 12.2. The van der Waals surface area contributed by atoms with Gasteiger partial charge in [-0.25, -0.2) is 0 Å². The van der Waals surface area contributed by atoms with Crippen LogP contribution in [0.25, 0.3) is 21.5 Å². The van der Waals surface area contributed by atoms with E-state index in [1.165, 1.54) is 66.1 Å². The van der Waals surface area contributed by atoms with Crippen LogP contribution in [0, 0.1) is 0 Å². The zero-order valence-electron chi connectivity index (χ0n) is 30.5. The molecule has 0 heterocycles. The molecule has 55 heavy (non-hydrogen) atoms. The maximum Gasteiger partial charge on any atom is 0.306 e. The van der Waals surface area contributed by atoms with Crippen molar-refractivity contribution in [3.63, 3.8) is 0 Å². The van der Waals surface area contributed by atoms with E-state index in [0.717, 1.165) is 5.56 Å². The molecule has 0 atom stereocenters. The van der Waals surface area contributed by atoms with Gasteiger partial charge in [-0.05, 0) is 84.5 Å². The predicted molar refractivity (Wildman–Crippen MR) is 215 cm³/mol. The first-order valence-corrected chi connectivity index (χ1v) is 19.7. The Morgan fingerprint density at radius 1 is 0.509 bits per heavy atom. The van der Waals surface area contributed by atoms with Crippen LogP contribution >= 0.6 is 0 Å². The molecule has 1 fully saturated rings. The minimum absolute atomic E-state index is 0.0129. The van der Waals surface area contributed by atoms with E-state index in [0.29, 0.717) is 19.3 Å². The van der Waals surface area contributed by atoms with Crippen molar-refractivity contribution in [2.75, 3.05) is 6.61 Å². The number of fused-ring (bicyclic) bond motifs is 3. The van der Waals surface area contributed by atoms with Crippen molar-refractivity contribution >= 4 is 33.5 Å². The van der Waals surface area contributed by atoms with Gasteiger partial charge in [-0.15, -0.1) is 0 Å². The zero-order valence-corrected chi connectivity index (χ0v) is 30.5. The summed E-state index contributed by atoms with van der Waals surface area (Å²) in [6.45, 7) is 0.253. The van der Waals surface area contributed by atoms with Gasteiger partial charge in [0.2, 0.25) is 0 Å². The first kappa shape index (κ1) is 32.4. The third-order valence-corrected chi connectivity index (χ3v) is 13.5. The van der Waals surface area contributed by atoms with Crippen LogP contribution in [-0.4, -0.2) is 24.6 Å². The fourth-order valence-electron chi connectivity index (χ4n) is 11.7. The Morgan fingerprint density at radius 3 is 1.49 bits per heavy atom. The predicted octanol–water partition coefficient (Wildman–Crippen LogP) is 10.4. The average molecular weight is 717 g/mol. The molecule has 7 aliphatic carbocycles. The largest absolute Gasteiger partial charge is 0.465 e. The van der Waals surface area contributed by atoms with Gasteiger partial charge in [0.05, 0.1) is 19.4 Å². The van der Waals surface area contributed by atoms with Gasteiger partial charge in [-0.1, -0.05) is 152 Å². The molecule has 0 aromatic heterocycles. The monoisotopic (exact) mass is 716 g/mol. The summed E-state index contributed by atoms with van der Waals surface area (Å²) in [7, 11) is 0. The van der Waals surface area contributed by atoms with E-state index in [1.807, 2.05) is 12.1 Å². The fraction of sp³-hybridized carbons (Fsp3) is 0.216. The molecule has 0 amide bonds. The van der Waals surface area contributed by atoms with Crippen LogP contribution in [0.4, 0.5) is 0 Å². The average Bonchev–Trinajstić information content (AvgIpc) is 3.54. The highest BCUT2D eigenvalue weighted by Crippen LogP contribution is 2.73. The Morgan fingerprint density at radius 2 is 0.945 bits per heavy atom. The summed E-state index contributed by atoms with van der Waals surface area (Å²) >= 11 is 0. The van der Waals surface area contributed by atoms with Crippen LogP contribution in [0.5, 0.6) is 0 Å². The van der Waals surface area contributed by atoms with Gasteiger partial charge in [0.1, 0.15) is 6.10 Å². The normalized spacial score (nSPS) is 23.5. The van der Waals surface area contributed by atoms with E-state index in [-0.39, 0.29) is 49.3 Å². The number of hydrogen-bond acceptors (Lipinski definition) is 4. The number of carbonyl (C=O) groups excluding carboxylic acids is 2. The molecule has 1 saturated carbocycles. The summed E-state index contributed by atoms with van der Waals surface area (Å²) in [5, 5.41) is 4.75. The van der Waals surface area contributed by atoms with Gasteiger partial charge in [0.15, 0.2) is 0 Å². The van der Waals surface area contributed by atoms with Gasteiger partial charge in [-0.2, -0.15) is 0 Å². The lowest BCUT2D eigenvalue weighted by Crippen LogP contribution is -2.55. The molecule has 0 radical (unpaired) electrons. The molecule has 14 rings (SSSR count). The second-order valence-electron chi connectivity index (χ2n) is 15.9. The first-order valence-electron chi connectivity index (χ1n) is 19.7. The van der Waals surface area contributed by atoms with Gasteiger partial charge < -0.3 is 9.47 Å². The van der Waals surface area contributed by atoms with Crippen molar-refractivity contribution in [3.8, 4) is 0 Å². The van der Waals surface area contributed by atoms with Crippen LogP contribution in [0.15, 0.2) is 152 Å². The molecule has 0 saturated heterocycles. The van der Waals surface area contributed by atoms with Crippen molar-refractivity contribution in [1.82, 2.24) is 0 Å². The minimum atomic E-state index is -0.453. The lowest BCUT2D eigenvalue weighted by molar-refractivity contribution is -0.153. The standard InChI is InChI=1S/C51H40O4/c52-46(54-28-27-33-29-32-13-1-2-14-35(32)37-16-4-3-15-36(33)37)25-26-47(53)55-34-30-50-42-21-9-5-17-38(42)48(39-18-6-10-22-43(39)50)49-40-19-7-11-23-44(40)51(50,31-34)45-24-12-8-20-41(45)49/h1-24,29,34,48-49H,25-28,30-31H2. The fourth-order valence-corrected chi connectivity index (χ4v) is 11.7. The lowest BCUT2D eigenvalue weighted by atomic mass is 9.42. The molecule has 0 aliphatic heterocycles. The van der Waals surface area contributed by atoms with Crippen LogP contribution in [0.2, 0.25) is 0 Å². The number of hydrogen-bond donors (Lipinski definition) is 0. The van der Waals surface area contributed by atoms with Crippen molar-refractivity contribution in [1.29, 1.82) is 0 Å². The first-order chi connectivity index (χ1) is 27.1. The maximum absolute atomic E-state index is 13.8. The molecule has 7 aromatic rings. The van der Waals surface area contributed by atoms with Crippen molar-refractivity contribution in [2.24, 2.45) is 0 Å². The Bertz CT molecular complexity index is 2500. The molecular weight excluding hydrogens is 677 g/mol. The zero-order chi connectivity index (χ0) is 36.7. The Hall–Kier alpha value is -6.00. The van der Waals surface area contributed by atoms with Crippen LogP contribution in [0.3, 0.4) is 0 Å². The smallest absolute Gasteiger partial charge is 0.306 e. The van der Waals surface area contributed by atoms with Crippen molar-refractivity contribution in [3.05, 3.63) is 202 Å². The van der Waals surface area contributed by atoms with Crippen LogP contribution in [0.1, 0.15) is 87.6 Å². The van der Waals surface area contributed by atoms with Gasteiger partial charge >= 0.3 is 11.9 Å². The summed E-state index contributed by atoms with van der Waals surface area (Å²) in [5.41, 5.74) is 11.2. The van der Waals surface area contributed by atoms with Crippen LogP contribution < -0.4 is 0 Å². The van der Waals surface area contributed by atoms with Crippen LogP contribution in [-0.2, 0) is 36.3 Å². The summed E-state index contributed by atoms with van der Waals surface area (Å²) in [6, 6.07) is 55.1. The number of rotatable bonds is 7. The summed E-state index contributed by atoms with van der Waals surface area (Å²) in [5.74, 6) is -0.387. The highest BCUT2D eigenvalue weighted by Gasteiger charge is 2.69. The third-order valence-electron chi connectivity index (χ3n) is 13.5.